The summed E-state index contributed by atoms with van der Waals surface area (Å²) < 4.78 is 11.4. The summed E-state index contributed by atoms with van der Waals surface area (Å²) in [7, 11) is 2.14. The van der Waals surface area contributed by atoms with Crippen molar-refractivity contribution in [2.24, 2.45) is 5.73 Å². The van der Waals surface area contributed by atoms with E-state index in [1.165, 1.54) is 5.56 Å². The smallest absolute Gasteiger partial charge is 0.119 e. The Balaban J connectivity index is 2.09. The summed E-state index contributed by atoms with van der Waals surface area (Å²) in [5.74, 6) is 0.907. The minimum Gasteiger partial charge on any atom is -0.491 e. The Bertz CT molecular complexity index is 433. The molecule has 2 N–H and O–H groups in total. The van der Waals surface area contributed by atoms with Gasteiger partial charge in [0.25, 0.3) is 0 Å². The molecule has 0 aromatic heterocycles. The molecule has 3 unspecified atom stereocenters. The lowest BCUT2D eigenvalue weighted by Crippen LogP contribution is -2.42. The van der Waals surface area contributed by atoms with Gasteiger partial charge in [0.2, 0.25) is 0 Å². The first-order valence-electron chi connectivity index (χ1n) is 7.83. The zero-order chi connectivity index (χ0) is 15.4. The number of nitrogens with two attached hydrogens (primary N) is 1. The molecule has 4 nitrogen and oxygen atoms in total. The van der Waals surface area contributed by atoms with E-state index in [9.17, 15) is 0 Å². The van der Waals surface area contributed by atoms with Crippen molar-refractivity contribution in [1.29, 1.82) is 0 Å². The van der Waals surface area contributed by atoms with Gasteiger partial charge in [-0.1, -0.05) is 12.1 Å². The van der Waals surface area contributed by atoms with E-state index in [0.717, 1.165) is 18.8 Å². The van der Waals surface area contributed by atoms with Gasteiger partial charge in [-0.05, 0) is 51.9 Å². The summed E-state index contributed by atoms with van der Waals surface area (Å²) >= 11 is 0. The first kappa shape index (κ1) is 16.3. The monoisotopic (exact) mass is 292 g/mol. The lowest BCUT2D eigenvalue weighted by atomic mass is 10.0. The van der Waals surface area contributed by atoms with Crippen LogP contribution in [0.25, 0.3) is 0 Å². The molecule has 0 aliphatic carbocycles. The lowest BCUT2D eigenvalue weighted by Gasteiger charge is -2.34. The number of nitrogens with zero attached hydrogens (tertiary/aromatic N) is 1. The molecule has 2 rings (SSSR count). The van der Waals surface area contributed by atoms with Gasteiger partial charge in [-0.25, -0.2) is 0 Å². The van der Waals surface area contributed by atoms with Crippen molar-refractivity contribution >= 4 is 0 Å². The van der Waals surface area contributed by atoms with Crippen LogP contribution in [0.15, 0.2) is 24.3 Å². The molecule has 4 heteroatoms. The van der Waals surface area contributed by atoms with Crippen LogP contribution in [-0.4, -0.2) is 43.3 Å². The molecule has 0 radical (unpaired) electrons. The summed E-state index contributed by atoms with van der Waals surface area (Å²) in [4.78, 5) is 2.36. The van der Waals surface area contributed by atoms with Gasteiger partial charge in [-0.2, -0.15) is 0 Å². The summed E-state index contributed by atoms with van der Waals surface area (Å²) in [6, 6.07) is 8.94. The van der Waals surface area contributed by atoms with Crippen LogP contribution >= 0.6 is 0 Å². The van der Waals surface area contributed by atoms with Gasteiger partial charge in [-0.15, -0.1) is 0 Å². The second-order valence-corrected chi connectivity index (χ2v) is 6.08. The Morgan fingerprint density at radius 2 is 2.00 bits per heavy atom. The molecule has 21 heavy (non-hydrogen) atoms. The molecule has 118 valence electrons. The van der Waals surface area contributed by atoms with Gasteiger partial charge in [0.15, 0.2) is 0 Å². The van der Waals surface area contributed by atoms with Crippen LogP contribution in [0.5, 0.6) is 5.75 Å². The molecule has 1 aliphatic rings. The molecule has 1 aromatic carbocycles. The van der Waals surface area contributed by atoms with Crippen LogP contribution in [0.2, 0.25) is 0 Å². The Morgan fingerprint density at radius 3 is 2.48 bits per heavy atom. The summed E-state index contributed by atoms with van der Waals surface area (Å²) in [5, 5.41) is 0. The SMILES string of the molecule is CC(C)Oc1ccc(C(CN)N(C)C2CCOC2C)cc1. The highest BCUT2D eigenvalue weighted by molar-refractivity contribution is 5.29. The average molecular weight is 292 g/mol. The van der Waals surface area contributed by atoms with E-state index in [4.69, 9.17) is 15.2 Å². The Kier molecular flexibility index (Phi) is 5.62. The second kappa shape index (κ2) is 7.25. The van der Waals surface area contributed by atoms with E-state index in [1.54, 1.807) is 0 Å². The normalized spacial score (nSPS) is 23.8. The van der Waals surface area contributed by atoms with E-state index in [2.05, 4.69) is 31.0 Å². The molecule has 0 spiro atoms. The molecule has 1 aromatic rings. The van der Waals surface area contributed by atoms with Crippen molar-refractivity contribution in [3.8, 4) is 5.75 Å². The van der Waals surface area contributed by atoms with Gasteiger partial charge >= 0.3 is 0 Å². The zero-order valence-electron chi connectivity index (χ0n) is 13.6. The molecule has 3 atom stereocenters. The van der Waals surface area contributed by atoms with Crippen molar-refractivity contribution in [1.82, 2.24) is 4.90 Å². The highest BCUT2D eigenvalue weighted by atomic mass is 16.5. The zero-order valence-corrected chi connectivity index (χ0v) is 13.6. The Morgan fingerprint density at radius 1 is 1.33 bits per heavy atom. The maximum Gasteiger partial charge on any atom is 0.119 e. The maximum absolute atomic E-state index is 6.02. The van der Waals surface area contributed by atoms with E-state index in [-0.39, 0.29) is 18.2 Å². The predicted molar refractivity (Wildman–Crippen MR) is 85.6 cm³/mol. The number of benzene rings is 1. The first-order chi connectivity index (χ1) is 10.0. The highest BCUT2D eigenvalue weighted by Crippen LogP contribution is 2.28. The molecule has 1 heterocycles. The lowest BCUT2D eigenvalue weighted by molar-refractivity contribution is 0.0686. The minimum absolute atomic E-state index is 0.195. The van der Waals surface area contributed by atoms with Crippen LogP contribution < -0.4 is 10.5 Å². The minimum atomic E-state index is 0.195. The van der Waals surface area contributed by atoms with Crippen LogP contribution in [0.3, 0.4) is 0 Å². The van der Waals surface area contributed by atoms with Gasteiger partial charge < -0.3 is 15.2 Å². The van der Waals surface area contributed by atoms with Gasteiger partial charge in [0.1, 0.15) is 5.75 Å². The van der Waals surface area contributed by atoms with Gasteiger partial charge in [0, 0.05) is 25.2 Å². The van der Waals surface area contributed by atoms with Crippen LogP contribution in [0.4, 0.5) is 0 Å². The van der Waals surface area contributed by atoms with Crippen molar-refractivity contribution < 1.29 is 9.47 Å². The van der Waals surface area contributed by atoms with E-state index in [1.807, 2.05) is 26.0 Å². The average Bonchev–Trinajstić information content (AvgIpc) is 2.87. The van der Waals surface area contributed by atoms with E-state index in [0.29, 0.717) is 12.6 Å². The van der Waals surface area contributed by atoms with E-state index >= 15 is 0 Å². The predicted octanol–water partition coefficient (Wildman–Crippen LogP) is 2.58. The number of rotatable bonds is 6. The third-order valence-corrected chi connectivity index (χ3v) is 4.21. The molecule has 1 saturated heterocycles. The third-order valence-electron chi connectivity index (χ3n) is 4.21. The third kappa shape index (κ3) is 3.96. The van der Waals surface area contributed by atoms with Crippen molar-refractivity contribution in [2.45, 2.75) is 51.5 Å². The standard InChI is InChI=1S/C17H28N2O2/c1-12(2)21-15-7-5-14(6-8-15)17(11-18)19(4)16-9-10-20-13(16)3/h5-8,12-13,16-17H,9-11,18H2,1-4H3. The number of hydrogen-bond acceptors (Lipinski definition) is 4. The fourth-order valence-corrected chi connectivity index (χ4v) is 3.06. The fourth-order valence-electron chi connectivity index (χ4n) is 3.06. The molecular weight excluding hydrogens is 264 g/mol. The van der Waals surface area contributed by atoms with E-state index < -0.39 is 0 Å². The summed E-state index contributed by atoms with van der Waals surface area (Å²) in [6.45, 7) is 7.65. The molecular formula is C17H28N2O2. The fraction of sp³-hybridized carbons (Fsp3) is 0.647. The molecule has 1 fully saturated rings. The first-order valence-corrected chi connectivity index (χ1v) is 7.83. The Labute approximate surface area is 128 Å². The van der Waals surface area contributed by atoms with Gasteiger partial charge in [-0.3, -0.25) is 4.90 Å². The van der Waals surface area contributed by atoms with Crippen LogP contribution in [0.1, 0.15) is 38.8 Å². The number of likely N-dealkylation sites (N-methyl/N-ethyl adjacent to an activating group) is 1. The van der Waals surface area contributed by atoms with Crippen LogP contribution in [-0.2, 0) is 4.74 Å². The van der Waals surface area contributed by atoms with Crippen molar-refractivity contribution in [2.75, 3.05) is 20.2 Å². The number of ether oxygens (including phenoxy) is 2. The summed E-state index contributed by atoms with van der Waals surface area (Å²) in [5.41, 5.74) is 7.26. The van der Waals surface area contributed by atoms with Crippen molar-refractivity contribution in [3.05, 3.63) is 29.8 Å². The topological polar surface area (TPSA) is 47.7 Å². The molecule has 0 amide bonds. The Hall–Kier alpha value is -1.10. The quantitative estimate of drug-likeness (QED) is 0.875. The number of hydrogen-bond donors (Lipinski definition) is 1. The summed E-state index contributed by atoms with van der Waals surface area (Å²) in [6.07, 6.45) is 1.54. The molecule has 0 bridgehead atoms. The largest absolute Gasteiger partial charge is 0.491 e. The van der Waals surface area contributed by atoms with Gasteiger partial charge in [0.05, 0.1) is 12.2 Å². The maximum atomic E-state index is 6.02. The molecule has 0 saturated carbocycles. The molecule has 1 aliphatic heterocycles. The highest BCUT2D eigenvalue weighted by Gasteiger charge is 2.31. The van der Waals surface area contributed by atoms with Crippen LogP contribution in [0, 0.1) is 0 Å². The van der Waals surface area contributed by atoms with Crippen molar-refractivity contribution in [3.63, 3.8) is 0 Å². The second-order valence-electron chi connectivity index (χ2n) is 6.08.